The van der Waals surface area contributed by atoms with Gasteiger partial charge in [-0.25, -0.2) is 0 Å². The van der Waals surface area contributed by atoms with Crippen LogP contribution in [0.2, 0.25) is 0 Å². The second-order valence-corrected chi connectivity index (χ2v) is 6.03. The van der Waals surface area contributed by atoms with Crippen molar-refractivity contribution in [2.45, 2.75) is 32.9 Å². The van der Waals surface area contributed by atoms with E-state index in [1.165, 1.54) is 11.1 Å². The number of carbonyl (C=O) groups excluding carboxylic acids is 1. The van der Waals surface area contributed by atoms with Crippen molar-refractivity contribution >= 4 is 11.6 Å². The first-order valence-electron chi connectivity index (χ1n) is 8.33. The number of methoxy groups -OCH3 is 2. The van der Waals surface area contributed by atoms with Crippen LogP contribution in [0.5, 0.6) is 11.5 Å². The first-order chi connectivity index (χ1) is 12.0. The van der Waals surface area contributed by atoms with Crippen LogP contribution < -0.4 is 20.1 Å². The number of amides is 1. The lowest BCUT2D eigenvalue weighted by Gasteiger charge is -2.16. The maximum absolute atomic E-state index is 12.3. The number of benzene rings is 2. The molecule has 0 aliphatic carbocycles. The molecule has 0 bridgehead atoms. The molecule has 5 nitrogen and oxygen atoms in total. The van der Waals surface area contributed by atoms with Gasteiger partial charge in [0.25, 0.3) is 0 Å². The fraction of sp³-hybridized carbons (Fsp3) is 0.350. The molecule has 0 radical (unpaired) electrons. The molecule has 0 fully saturated rings. The third-order valence-electron chi connectivity index (χ3n) is 4.08. The molecule has 0 aliphatic heterocycles. The summed E-state index contributed by atoms with van der Waals surface area (Å²) in [6.45, 7) is 4.83. The van der Waals surface area contributed by atoms with Crippen LogP contribution in [-0.4, -0.2) is 26.2 Å². The zero-order valence-electron chi connectivity index (χ0n) is 15.3. The first kappa shape index (κ1) is 18.8. The van der Waals surface area contributed by atoms with E-state index in [1.54, 1.807) is 32.4 Å². The lowest BCUT2D eigenvalue weighted by atomic mass is 10.1. The number of hydrogen-bond donors (Lipinski definition) is 2. The summed E-state index contributed by atoms with van der Waals surface area (Å²) in [6.07, 6.45) is 0.376. The molecule has 0 aliphatic rings. The van der Waals surface area contributed by atoms with E-state index in [-0.39, 0.29) is 11.9 Å². The van der Waals surface area contributed by atoms with Crippen molar-refractivity contribution in [3.63, 3.8) is 0 Å². The Hall–Kier alpha value is -2.53. The number of rotatable bonds is 8. The van der Waals surface area contributed by atoms with Crippen molar-refractivity contribution in [3.05, 3.63) is 53.6 Å². The van der Waals surface area contributed by atoms with Gasteiger partial charge in [-0.1, -0.05) is 24.3 Å². The van der Waals surface area contributed by atoms with E-state index in [1.807, 2.05) is 19.1 Å². The maximum Gasteiger partial charge on any atom is 0.226 e. The molecule has 2 aromatic rings. The molecule has 0 heterocycles. The third kappa shape index (κ3) is 5.50. The fourth-order valence-corrected chi connectivity index (χ4v) is 2.55. The Morgan fingerprint density at radius 2 is 1.88 bits per heavy atom. The molecule has 134 valence electrons. The normalized spacial score (nSPS) is 11.7. The smallest absolute Gasteiger partial charge is 0.226 e. The Balaban J connectivity index is 1.88. The molecule has 5 heteroatoms. The van der Waals surface area contributed by atoms with Gasteiger partial charge in [0.05, 0.1) is 19.9 Å². The Kier molecular flexibility index (Phi) is 6.83. The van der Waals surface area contributed by atoms with Crippen LogP contribution in [0.25, 0.3) is 0 Å². The van der Waals surface area contributed by atoms with E-state index in [0.29, 0.717) is 23.6 Å². The van der Waals surface area contributed by atoms with Gasteiger partial charge in [0.15, 0.2) is 0 Å². The Morgan fingerprint density at radius 1 is 1.12 bits per heavy atom. The monoisotopic (exact) mass is 342 g/mol. The summed E-state index contributed by atoms with van der Waals surface area (Å²) >= 11 is 0. The summed E-state index contributed by atoms with van der Waals surface area (Å²) in [5.74, 6) is 1.20. The van der Waals surface area contributed by atoms with Crippen molar-refractivity contribution in [1.82, 2.24) is 5.32 Å². The highest BCUT2D eigenvalue weighted by atomic mass is 16.5. The third-order valence-corrected chi connectivity index (χ3v) is 4.08. The molecular formula is C20H26N2O3. The highest BCUT2D eigenvalue weighted by molar-refractivity contribution is 5.92. The lowest BCUT2D eigenvalue weighted by molar-refractivity contribution is -0.116. The molecule has 2 rings (SSSR count). The summed E-state index contributed by atoms with van der Waals surface area (Å²) in [5, 5.41) is 6.28. The van der Waals surface area contributed by atoms with Gasteiger partial charge in [0.1, 0.15) is 11.5 Å². The van der Waals surface area contributed by atoms with Crippen LogP contribution in [0.3, 0.4) is 0 Å². The molecular weight excluding hydrogens is 316 g/mol. The molecule has 2 aromatic carbocycles. The topological polar surface area (TPSA) is 59.6 Å². The summed E-state index contributed by atoms with van der Waals surface area (Å²) in [7, 11) is 3.16. The number of aryl methyl sites for hydroxylation is 1. The van der Waals surface area contributed by atoms with Crippen molar-refractivity contribution in [2.75, 3.05) is 19.5 Å². The molecule has 25 heavy (non-hydrogen) atoms. The number of ether oxygens (including phenoxy) is 2. The Morgan fingerprint density at radius 3 is 2.56 bits per heavy atom. The van der Waals surface area contributed by atoms with Crippen LogP contribution in [0.15, 0.2) is 42.5 Å². The van der Waals surface area contributed by atoms with E-state index in [9.17, 15) is 4.79 Å². The average molecular weight is 342 g/mol. The van der Waals surface area contributed by atoms with Crippen molar-refractivity contribution in [2.24, 2.45) is 0 Å². The van der Waals surface area contributed by atoms with Gasteiger partial charge in [-0.3, -0.25) is 4.79 Å². The summed E-state index contributed by atoms with van der Waals surface area (Å²) in [5.41, 5.74) is 3.13. The number of anilines is 1. The van der Waals surface area contributed by atoms with Crippen LogP contribution in [0.1, 0.15) is 24.5 Å². The molecule has 2 N–H and O–H groups in total. The van der Waals surface area contributed by atoms with Gasteiger partial charge in [-0.05, 0) is 37.1 Å². The van der Waals surface area contributed by atoms with Crippen molar-refractivity contribution in [3.8, 4) is 11.5 Å². The number of carbonyl (C=O) groups is 1. The first-order valence-corrected chi connectivity index (χ1v) is 8.33. The quantitative estimate of drug-likeness (QED) is 0.771. The molecule has 1 amide bonds. The summed E-state index contributed by atoms with van der Waals surface area (Å²) in [4.78, 5) is 12.3. The molecule has 1 unspecified atom stereocenters. The van der Waals surface area contributed by atoms with Gasteiger partial charge in [-0.15, -0.1) is 0 Å². The van der Waals surface area contributed by atoms with Gasteiger partial charge in [0.2, 0.25) is 5.91 Å². The van der Waals surface area contributed by atoms with Crippen LogP contribution in [0.4, 0.5) is 5.69 Å². The highest BCUT2D eigenvalue weighted by Crippen LogP contribution is 2.29. The second-order valence-electron chi connectivity index (χ2n) is 6.03. The minimum atomic E-state index is -0.0618. The molecule has 0 saturated carbocycles. The van der Waals surface area contributed by atoms with Gasteiger partial charge in [0, 0.05) is 25.1 Å². The van der Waals surface area contributed by atoms with Crippen molar-refractivity contribution in [1.29, 1.82) is 0 Å². The van der Waals surface area contributed by atoms with Gasteiger partial charge >= 0.3 is 0 Å². The maximum atomic E-state index is 12.3. The fourth-order valence-electron chi connectivity index (χ4n) is 2.55. The van der Waals surface area contributed by atoms with Crippen LogP contribution >= 0.6 is 0 Å². The molecule has 0 spiro atoms. The predicted octanol–water partition coefficient (Wildman–Crippen LogP) is 3.52. The van der Waals surface area contributed by atoms with E-state index in [2.05, 4.69) is 29.7 Å². The molecule has 0 aromatic heterocycles. The lowest BCUT2D eigenvalue weighted by Crippen LogP contribution is -2.30. The predicted molar refractivity (Wildman–Crippen MR) is 100 cm³/mol. The minimum Gasteiger partial charge on any atom is -0.497 e. The van der Waals surface area contributed by atoms with Crippen LogP contribution in [0, 0.1) is 6.92 Å². The van der Waals surface area contributed by atoms with E-state index >= 15 is 0 Å². The van der Waals surface area contributed by atoms with Gasteiger partial charge in [-0.2, -0.15) is 0 Å². The largest absolute Gasteiger partial charge is 0.497 e. The zero-order chi connectivity index (χ0) is 18.2. The average Bonchev–Trinajstić information content (AvgIpc) is 2.61. The van der Waals surface area contributed by atoms with Gasteiger partial charge < -0.3 is 20.1 Å². The van der Waals surface area contributed by atoms with E-state index < -0.39 is 0 Å². The molecule has 0 saturated heterocycles. The second kappa shape index (κ2) is 9.08. The summed E-state index contributed by atoms with van der Waals surface area (Å²) in [6, 6.07) is 13.6. The number of nitrogens with one attached hydrogen (secondary N) is 2. The van der Waals surface area contributed by atoms with Crippen LogP contribution in [-0.2, 0) is 11.3 Å². The Labute approximate surface area is 149 Å². The van der Waals surface area contributed by atoms with Crippen molar-refractivity contribution < 1.29 is 14.3 Å². The zero-order valence-corrected chi connectivity index (χ0v) is 15.3. The Bertz CT molecular complexity index is 716. The van der Waals surface area contributed by atoms with E-state index in [4.69, 9.17) is 9.47 Å². The highest BCUT2D eigenvalue weighted by Gasteiger charge is 2.12. The minimum absolute atomic E-state index is 0.0591. The SMILES string of the molecule is COc1ccc(NC(=O)CC(C)NCc2ccccc2C)c(OC)c1. The molecule has 1 atom stereocenters. The number of hydrogen-bond acceptors (Lipinski definition) is 4. The van der Waals surface area contributed by atoms with E-state index in [0.717, 1.165) is 6.54 Å². The summed E-state index contributed by atoms with van der Waals surface area (Å²) < 4.78 is 10.5. The standard InChI is InChI=1S/C20H26N2O3/c1-14-7-5-6-8-16(14)13-21-15(2)11-20(23)22-18-10-9-17(24-3)12-19(18)25-4/h5-10,12,15,21H,11,13H2,1-4H3,(H,22,23).